The van der Waals surface area contributed by atoms with Crippen LogP contribution in [0.5, 0.6) is 11.5 Å². The van der Waals surface area contributed by atoms with E-state index >= 15 is 0 Å². The van der Waals surface area contributed by atoms with Crippen LogP contribution >= 0.6 is 0 Å². The number of benzene rings is 2. The van der Waals surface area contributed by atoms with Gasteiger partial charge >= 0.3 is 0 Å². The molecule has 0 atom stereocenters. The summed E-state index contributed by atoms with van der Waals surface area (Å²) >= 11 is 0. The van der Waals surface area contributed by atoms with E-state index in [1.54, 1.807) is 0 Å². The Morgan fingerprint density at radius 2 is 1.86 bits per heavy atom. The van der Waals surface area contributed by atoms with E-state index in [1.165, 1.54) is 0 Å². The molecule has 0 N–H and O–H groups in total. The lowest BCUT2D eigenvalue weighted by molar-refractivity contribution is 0.112. The Balaban J connectivity index is 1.42. The molecule has 0 spiro atoms. The summed E-state index contributed by atoms with van der Waals surface area (Å²) in [6.07, 6.45) is 2.90. The first kappa shape index (κ1) is 18.3. The van der Waals surface area contributed by atoms with Gasteiger partial charge in [0.05, 0.1) is 12.1 Å². The standard InChI is InChI=1S/C23H24N2O3/c1-2-27-20-7-4-8-21(15-20)28-19-11-13-25(14-12-19)22-10-9-17-5-3-6-18(16-26)23(17)24-22/h3-10,15-16,19H,2,11-14H2,1H3. The molecule has 0 unspecified atom stereocenters. The first-order valence-electron chi connectivity index (χ1n) is 9.76. The highest BCUT2D eigenvalue weighted by atomic mass is 16.5. The summed E-state index contributed by atoms with van der Waals surface area (Å²) in [4.78, 5) is 18.3. The molecule has 2 heterocycles. The van der Waals surface area contributed by atoms with Crippen LogP contribution in [0.15, 0.2) is 54.6 Å². The molecule has 4 rings (SSSR count). The van der Waals surface area contributed by atoms with Crippen molar-refractivity contribution in [3.05, 3.63) is 60.2 Å². The van der Waals surface area contributed by atoms with Crippen LogP contribution in [0.25, 0.3) is 10.9 Å². The highest BCUT2D eigenvalue weighted by Crippen LogP contribution is 2.26. The molecule has 1 aliphatic heterocycles. The number of rotatable bonds is 6. The lowest BCUT2D eigenvalue weighted by Crippen LogP contribution is -2.38. The zero-order valence-corrected chi connectivity index (χ0v) is 16.0. The summed E-state index contributed by atoms with van der Waals surface area (Å²) in [6, 6.07) is 17.6. The summed E-state index contributed by atoms with van der Waals surface area (Å²) in [5.41, 5.74) is 1.40. The number of hydrogen-bond donors (Lipinski definition) is 0. The van der Waals surface area contributed by atoms with Gasteiger partial charge in [-0.25, -0.2) is 4.98 Å². The van der Waals surface area contributed by atoms with Crippen LogP contribution in [-0.2, 0) is 0 Å². The molecule has 144 valence electrons. The average Bonchev–Trinajstić information content (AvgIpc) is 2.74. The Morgan fingerprint density at radius 3 is 2.64 bits per heavy atom. The molecule has 0 radical (unpaired) electrons. The lowest BCUT2D eigenvalue weighted by Gasteiger charge is -2.33. The number of piperidine rings is 1. The van der Waals surface area contributed by atoms with E-state index in [4.69, 9.17) is 14.5 Å². The number of para-hydroxylation sites is 1. The highest BCUT2D eigenvalue weighted by Gasteiger charge is 2.22. The van der Waals surface area contributed by atoms with Crippen molar-refractivity contribution in [3.63, 3.8) is 0 Å². The van der Waals surface area contributed by atoms with Crippen LogP contribution < -0.4 is 14.4 Å². The molecular weight excluding hydrogens is 352 g/mol. The predicted octanol–water partition coefficient (Wildman–Crippen LogP) is 4.49. The van der Waals surface area contributed by atoms with E-state index in [0.29, 0.717) is 12.2 Å². The largest absolute Gasteiger partial charge is 0.494 e. The first-order valence-corrected chi connectivity index (χ1v) is 9.76. The number of pyridine rings is 1. The Labute approximate surface area is 164 Å². The normalized spacial score (nSPS) is 14.8. The maximum Gasteiger partial charge on any atom is 0.152 e. The molecule has 28 heavy (non-hydrogen) atoms. The maximum atomic E-state index is 11.3. The first-order chi connectivity index (χ1) is 13.8. The van der Waals surface area contributed by atoms with Gasteiger partial charge in [-0.2, -0.15) is 0 Å². The van der Waals surface area contributed by atoms with Crippen LogP contribution in [0.1, 0.15) is 30.1 Å². The van der Waals surface area contributed by atoms with E-state index in [0.717, 1.165) is 60.4 Å². The monoisotopic (exact) mass is 376 g/mol. The number of fused-ring (bicyclic) bond motifs is 1. The molecule has 0 bridgehead atoms. The third kappa shape index (κ3) is 3.93. The van der Waals surface area contributed by atoms with E-state index < -0.39 is 0 Å². The fourth-order valence-electron chi connectivity index (χ4n) is 3.63. The lowest BCUT2D eigenvalue weighted by atomic mass is 10.1. The van der Waals surface area contributed by atoms with Crippen molar-refractivity contribution in [3.8, 4) is 11.5 Å². The van der Waals surface area contributed by atoms with Crippen molar-refractivity contribution < 1.29 is 14.3 Å². The molecule has 5 nitrogen and oxygen atoms in total. The minimum Gasteiger partial charge on any atom is -0.494 e. The topological polar surface area (TPSA) is 51.7 Å². The van der Waals surface area contributed by atoms with E-state index in [1.807, 2.05) is 61.5 Å². The third-order valence-electron chi connectivity index (χ3n) is 5.05. The van der Waals surface area contributed by atoms with Gasteiger partial charge in [-0.05, 0) is 37.3 Å². The van der Waals surface area contributed by atoms with E-state index in [2.05, 4.69) is 4.90 Å². The third-order valence-corrected chi connectivity index (χ3v) is 5.05. The Hall–Kier alpha value is -3.08. The summed E-state index contributed by atoms with van der Waals surface area (Å²) in [6.45, 7) is 4.36. The summed E-state index contributed by atoms with van der Waals surface area (Å²) in [5.74, 6) is 2.60. The molecule has 0 amide bonds. The van der Waals surface area contributed by atoms with Crippen molar-refractivity contribution >= 4 is 23.0 Å². The molecule has 5 heteroatoms. The second-order valence-electron chi connectivity index (χ2n) is 6.92. The van der Waals surface area contributed by atoms with Gasteiger partial charge in [0.2, 0.25) is 0 Å². The fraction of sp³-hybridized carbons (Fsp3) is 0.304. The van der Waals surface area contributed by atoms with Crippen molar-refractivity contribution in [2.75, 3.05) is 24.6 Å². The van der Waals surface area contributed by atoms with Crippen molar-refractivity contribution in [2.45, 2.75) is 25.9 Å². The highest BCUT2D eigenvalue weighted by molar-refractivity contribution is 5.96. The number of aldehydes is 1. The molecule has 1 aliphatic rings. The van der Waals surface area contributed by atoms with Gasteiger partial charge in [0.15, 0.2) is 6.29 Å². The molecule has 1 saturated heterocycles. The number of carbonyl (C=O) groups is 1. The van der Waals surface area contributed by atoms with Crippen molar-refractivity contribution in [2.24, 2.45) is 0 Å². The number of aromatic nitrogens is 1. The van der Waals surface area contributed by atoms with Gasteiger partial charge in [0.1, 0.15) is 23.4 Å². The molecular formula is C23H24N2O3. The van der Waals surface area contributed by atoms with Gasteiger partial charge in [-0.1, -0.05) is 18.2 Å². The number of carbonyl (C=O) groups excluding carboxylic acids is 1. The van der Waals surface area contributed by atoms with Gasteiger partial charge < -0.3 is 14.4 Å². The molecule has 1 aromatic heterocycles. The zero-order valence-electron chi connectivity index (χ0n) is 16.0. The number of ether oxygens (including phenoxy) is 2. The average molecular weight is 376 g/mol. The van der Waals surface area contributed by atoms with Crippen LogP contribution in [-0.4, -0.2) is 37.1 Å². The van der Waals surface area contributed by atoms with Crippen molar-refractivity contribution in [1.29, 1.82) is 0 Å². The Kier molecular flexibility index (Phi) is 5.42. The second-order valence-corrected chi connectivity index (χ2v) is 6.92. The van der Waals surface area contributed by atoms with Crippen LogP contribution in [0, 0.1) is 0 Å². The van der Waals surface area contributed by atoms with Gasteiger partial charge in [0.25, 0.3) is 0 Å². The van der Waals surface area contributed by atoms with Gasteiger partial charge in [-0.15, -0.1) is 0 Å². The molecule has 0 saturated carbocycles. The molecule has 0 aliphatic carbocycles. The minimum absolute atomic E-state index is 0.180. The van der Waals surface area contributed by atoms with E-state index in [-0.39, 0.29) is 6.10 Å². The van der Waals surface area contributed by atoms with Gasteiger partial charge in [-0.3, -0.25) is 4.79 Å². The Morgan fingerprint density at radius 1 is 1.07 bits per heavy atom. The summed E-state index contributed by atoms with van der Waals surface area (Å²) < 4.78 is 11.7. The smallest absolute Gasteiger partial charge is 0.152 e. The number of hydrogen-bond acceptors (Lipinski definition) is 5. The van der Waals surface area contributed by atoms with E-state index in [9.17, 15) is 4.79 Å². The SMILES string of the molecule is CCOc1cccc(OC2CCN(c3ccc4cccc(C=O)c4n3)CC2)c1. The minimum atomic E-state index is 0.180. The summed E-state index contributed by atoms with van der Waals surface area (Å²) in [7, 11) is 0. The fourth-order valence-corrected chi connectivity index (χ4v) is 3.63. The Bertz CT molecular complexity index is 965. The molecule has 2 aromatic carbocycles. The van der Waals surface area contributed by atoms with Gasteiger partial charge in [0, 0.05) is 42.9 Å². The van der Waals surface area contributed by atoms with Crippen LogP contribution in [0.3, 0.4) is 0 Å². The van der Waals surface area contributed by atoms with Crippen LogP contribution in [0.4, 0.5) is 5.82 Å². The molecule has 3 aromatic rings. The predicted molar refractivity (Wildman–Crippen MR) is 111 cm³/mol. The quantitative estimate of drug-likeness (QED) is 0.593. The number of nitrogens with zero attached hydrogens (tertiary/aromatic N) is 2. The second kappa shape index (κ2) is 8.30. The number of anilines is 1. The van der Waals surface area contributed by atoms with Crippen LogP contribution in [0.2, 0.25) is 0 Å². The summed E-state index contributed by atoms with van der Waals surface area (Å²) in [5, 5.41) is 0.987. The molecule has 1 fully saturated rings. The zero-order chi connectivity index (χ0) is 19.3. The maximum absolute atomic E-state index is 11.3. The van der Waals surface area contributed by atoms with Crippen molar-refractivity contribution in [1.82, 2.24) is 4.98 Å².